The van der Waals surface area contributed by atoms with Gasteiger partial charge in [-0.1, -0.05) is 26.0 Å². The number of nitrogens with one attached hydrogen (secondary N) is 2. The number of carbonyl (C=O) groups excluding carboxylic acids is 1. The quantitative estimate of drug-likeness (QED) is 0.299. The average molecular weight is 510 g/mol. The molecule has 0 radical (unpaired) electrons. The average Bonchev–Trinajstić information content (AvgIpc) is 3.35. The van der Waals surface area contributed by atoms with Crippen molar-refractivity contribution in [3.05, 3.63) is 54.0 Å². The van der Waals surface area contributed by atoms with E-state index in [1.807, 2.05) is 38.1 Å². The number of methoxy groups -OCH3 is 1. The third-order valence-corrected chi connectivity index (χ3v) is 7.43. The van der Waals surface area contributed by atoms with E-state index in [0.717, 1.165) is 11.3 Å². The predicted molar refractivity (Wildman–Crippen MR) is 136 cm³/mol. The molecule has 0 unspecified atom stereocenters. The molecule has 2 rings (SSSR count). The number of hydrogen-bond donors (Lipinski definition) is 3. The standard InChI is InChI=1S/C25H39N3O6S/c1-4-12-28(13-5-2)35(31,32)15-11-25(30)27-23(17-22-10-7-14-34-22)24(29)19-26-18-20-8-6-9-21(16-20)33-3/h6-10,14,16,23-24,26,29H,4-5,11-13,15,17-19H2,1-3H3,(H,27,30)/t23-,24-/m0/s1. The zero-order valence-electron chi connectivity index (χ0n) is 20.9. The molecule has 10 heteroatoms. The molecule has 0 aliphatic carbocycles. The minimum absolute atomic E-state index is 0.176. The molecule has 0 aliphatic rings. The normalized spacial score (nSPS) is 13.5. The Morgan fingerprint density at radius 1 is 1.17 bits per heavy atom. The molecule has 0 saturated carbocycles. The van der Waals surface area contributed by atoms with Crippen molar-refractivity contribution in [3.8, 4) is 5.75 Å². The van der Waals surface area contributed by atoms with Crippen molar-refractivity contribution in [2.75, 3.05) is 32.5 Å². The first-order valence-electron chi connectivity index (χ1n) is 12.1. The molecule has 9 nitrogen and oxygen atoms in total. The van der Waals surface area contributed by atoms with E-state index >= 15 is 0 Å². The maximum absolute atomic E-state index is 12.7. The number of aliphatic hydroxyl groups excluding tert-OH is 1. The number of amides is 1. The molecule has 0 spiro atoms. The number of hydrogen-bond acceptors (Lipinski definition) is 7. The molecule has 2 atom stereocenters. The van der Waals surface area contributed by atoms with Gasteiger partial charge < -0.3 is 24.9 Å². The van der Waals surface area contributed by atoms with Crippen LogP contribution in [0.3, 0.4) is 0 Å². The summed E-state index contributed by atoms with van der Waals surface area (Å²) in [5.41, 5.74) is 0.997. The van der Waals surface area contributed by atoms with Crippen LogP contribution in [0.1, 0.15) is 44.4 Å². The molecular weight excluding hydrogens is 470 g/mol. The summed E-state index contributed by atoms with van der Waals surface area (Å²) in [6, 6.07) is 10.5. The van der Waals surface area contributed by atoms with Gasteiger partial charge in [0.15, 0.2) is 0 Å². The van der Waals surface area contributed by atoms with Crippen LogP contribution in [-0.2, 0) is 27.8 Å². The van der Waals surface area contributed by atoms with Crippen molar-refractivity contribution < 1.29 is 27.5 Å². The Hall–Kier alpha value is -2.40. The second-order valence-electron chi connectivity index (χ2n) is 8.47. The Bertz CT molecular complexity index is 975. The summed E-state index contributed by atoms with van der Waals surface area (Å²) in [6.07, 6.45) is 2.15. The molecule has 0 bridgehead atoms. The van der Waals surface area contributed by atoms with Crippen molar-refractivity contribution in [1.82, 2.24) is 14.9 Å². The number of carbonyl (C=O) groups is 1. The third-order valence-electron chi connectivity index (χ3n) is 5.56. The van der Waals surface area contributed by atoms with Crippen molar-refractivity contribution >= 4 is 15.9 Å². The van der Waals surface area contributed by atoms with E-state index in [0.29, 0.717) is 38.2 Å². The van der Waals surface area contributed by atoms with E-state index in [2.05, 4.69) is 10.6 Å². The van der Waals surface area contributed by atoms with Crippen LogP contribution in [0.2, 0.25) is 0 Å². The Morgan fingerprint density at radius 2 is 1.91 bits per heavy atom. The summed E-state index contributed by atoms with van der Waals surface area (Å²) in [6.45, 7) is 5.47. The number of sulfonamides is 1. The number of benzene rings is 1. The number of rotatable bonds is 17. The lowest BCUT2D eigenvalue weighted by Gasteiger charge is -2.25. The van der Waals surface area contributed by atoms with Gasteiger partial charge in [0.1, 0.15) is 11.5 Å². The van der Waals surface area contributed by atoms with E-state index in [1.165, 1.54) is 10.6 Å². The molecule has 0 saturated heterocycles. The molecule has 0 fully saturated rings. The van der Waals surface area contributed by atoms with Gasteiger partial charge in [-0.2, -0.15) is 0 Å². The first-order chi connectivity index (χ1) is 16.8. The summed E-state index contributed by atoms with van der Waals surface area (Å²) in [4.78, 5) is 12.7. The fourth-order valence-electron chi connectivity index (χ4n) is 3.74. The van der Waals surface area contributed by atoms with Gasteiger partial charge in [0.05, 0.1) is 31.3 Å². The maximum Gasteiger partial charge on any atom is 0.221 e. The van der Waals surface area contributed by atoms with Crippen LogP contribution < -0.4 is 15.4 Å². The van der Waals surface area contributed by atoms with Crippen LogP contribution >= 0.6 is 0 Å². The lowest BCUT2D eigenvalue weighted by Crippen LogP contribution is -2.49. The number of ether oxygens (including phenoxy) is 1. The molecule has 1 aromatic carbocycles. The Morgan fingerprint density at radius 3 is 2.54 bits per heavy atom. The molecular formula is C25H39N3O6S. The number of aliphatic hydroxyl groups is 1. The van der Waals surface area contributed by atoms with Gasteiger partial charge >= 0.3 is 0 Å². The largest absolute Gasteiger partial charge is 0.497 e. The van der Waals surface area contributed by atoms with E-state index < -0.39 is 28.1 Å². The van der Waals surface area contributed by atoms with Crippen LogP contribution in [0.4, 0.5) is 0 Å². The number of nitrogens with zero attached hydrogens (tertiary/aromatic N) is 1. The topological polar surface area (TPSA) is 121 Å². The van der Waals surface area contributed by atoms with Crippen LogP contribution in [0.25, 0.3) is 0 Å². The highest BCUT2D eigenvalue weighted by molar-refractivity contribution is 7.89. The summed E-state index contributed by atoms with van der Waals surface area (Å²) < 4.78 is 37.4. The number of furan rings is 1. The first-order valence-corrected chi connectivity index (χ1v) is 13.7. The van der Waals surface area contributed by atoms with Crippen molar-refractivity contribution in [2.24, 2.45) is 0 Å². The fraction of sp³-hybridized carbons (Fsp3) is 0.560. The molecule has 3 N–H and O–H groups in total. The molecule has 0 aliphatic heterocycles. The van der Waals surface area contributed by atoms with E-state index in [1.54, 1.807) is 19.2 Å². The highest BCUT2D eigenvalue weighted by atomic mass is 32.2. The molecule has 1 heterocycles. The van der Waals surface area contributed by atoms with Gasteiger partial charge in [-0.05, 0) is 42.7 Å². The van der Waals surface area contributed by atoms with E-state index in [-0.39, 0.29) is 25.1 Å². The van der Waals surface area contributed by atoms with Gasteiger partial charge in [-0.15, -0.1) is 0 Å². The molecule has 1 amide bonds. The molecule has 1 aromatic heterocycles. The Labute approximate surface area is 208 Å². The van der Waals surface area contributed by atoms with E-state index in [9.17, 15) is 18.3 Å². The Kier molecular flexibility index (Phi) is 12.3. The van der Waals surface area contributed by atoms with Crippen LogP contribution in [0.15, 0.2) is 47.1 Å². The van der Waals surface area contributed by atoms with Gasteiger partial charge in [0.2, 0.25) is 15.9 Å². The minimum atomic E-state index is -3.53. The van der Waals surface area contributed by atoms with Gasteiger partial charge in [0.25, 0.3) is 0 Å². The molecule has 196 valence electrons. The summed E-state index contributed by atoms with van der Waals surface area (Å²) in [5.74, 6) is 0.673. The first kappa shape index (κ1) is 28.8. The summed E-state index contributed by atoms with van der Waals surface area (Å²) >= 11 is 0. The fourth-order valence-corrected chi connectivity index (χ4v) is 5.36. The van der Waals surface area contributed by atoms with Crippen molar-refractivity contribution in [3.63, 3.8) is 0 Å². The van der Waals surface area contributed by atoms with Gasteiger partial charge in [0, 0.05) is 39.0 Å². The second-order valence-corrected chi connectivity index (χ2v) is 10.6. The third kappa shape index (κ3) is 10.0. The minimum Gasteiger partial charge on any atom is -0.497 e. The van der Waals surface area contributed by atoms with Gasteiger partial charge in [-0.3, -0.25) is 4.79 Å². The van der Waals surface area contributed by atoms with E-state index in [4.69, 9.17) is 9.15 Å². The summed E-state index contributed by atoms with van der Waals surface area (Å²) in [5, 5.41) is 16.8. The monoisotopic (exact) mass is 509 g/mol. The Balaban J connectivity index is 1.95. The zero-order valence-corrected chi connectivity index (χ0v) is 21.7. The second kappa shape index (κ2) is 14.9. The zero-order chi connectivity index (χ0) is 25.7. The van der Waals surface area contributed by atoms with Crippen LogP contribution in [0, 0.1) is 0 Å². The van der Waals surface area contributed by atoms with Crippen LogP contribution in [0.5, 0.6) is 5.75 Å². The molecule has 2 aromatic rings. The summed E-state index contributed by atoms with van der Waals surface area (Å²) in [7, 11) is -1.92. The van der Waals surface area contributed by atoms with Crippen LogP contribution in [-0.4, -0.2) is 68.4 Å². The predicted octanol–water partition coefficient (Wildman–Crippen LogP) is 2.31. The lowest BCUT2D eigenvalue weighted by molar-refractivity contribution is -0.122. The highest BCUT2D eigenvalue weighted by Gasteiger charge is 2.25. The molecule has 35 heavy (non-hydrogen) atoms. The van der Waals surface area contributed by atoms with Crippen molar-refractivity contribution in [2.45, 2.75) is 58.2 Å². The lowest BCUT2D eigenvalue weighted by atomic mass is 10.1. The highest BCUT2D eigenvalue weighted by Crippen LogP contribution is 2.13. The van der Waals surface area contributed by atoms with Crippen molar-refractivity contribution in [1.29, 1.82) is 0 Å². The van der Waals surface area contributed by atoms with Gasteiger partial charge in [-0.25, -0.2) is 12.7 Å². The SMILES string of the molecule is CCCN(CCC)S(=O)(=O)CCC(=O)N[C@@H](Cc1ccco1)[C@@H](O)CNCc1cccc(OC)c1. The maximum atomic E-state index is 12.7. The smallest absolute Gasteiger partial charge is 0.221 e.